The zero-order valence-corrected chi connectivity index (χ0v) is 12.8. The summed E-state index contributed by atoms with van der Waals surface area (Å²) in [6.45, 7) is 8.25. The number of benzene rings is 1. The molecule has 2 aromatic rings. The lowest BCUT2D eigenvalue weighted by molar-refractivity contribution is 0.141. The van der Waals surface area contributed by atoms with Crippen LogP contribution in [-0.2, 0) is 6.54 Å². The second-order valence-electron chi connectivity index (χ2n) is 5.65. The van der Waals surface area contributed by atoms with E-state index in [-0.39, 0.29) is 11.7 Å². The largest absolute Gasteiger partial charge is 0.310 e. The number of aryl methyl sites for hydroxylation is 2. The Hall–Kier alpha value is -1.75. The van der Waals surface area contributed by atoms with E-state index in [4.69, 9.17) is 0 Å². The van der Waals surface area contributed by atoms with Crippen molar-refractivity contribution in [3.63, 3.8) is 0 Å². The van der Waals surface area contributed by atoms with E-state index >= 15 is 0 Å². The van der Waals surface area contributed by atoms with Gasteiger partial charge in [-0.15, -0.1) is 0 Å². The SMILES string of the molecule is Cc1cc(C)cc(-n2ncc(CNC(C)C)c2C(F)F)c1. The average Bonchev–Trinajstić information content (AvgIpc) is 2.78. The summed E-state index contributed by atoms with van der Waals surface area (Å²) >= 11 is 0. The topological polar surface area (TPSA) is 29.9 Å². The third-order valence-corrected chi connectivity index (χ3v) is 3.24. The molecule has 0 aliphatic rings. The quantitative estimate of drug-likeness (QED) is 0.905. The highest BCUT2D eigenvalue weighted by molar-refractivity contribution is 5.41. The highest BCUT2D eigenvalue weighted by atomic mass is 19.3. The van der Waals surface area contributed by atoms with Crippen molar-refractivity contribution in [3.8, 4) is 5.69 Å². The van der Waals surface area contributed by atoms with Crippen LogP contribution in [0.5, 0.6) is 0 Å². The van der Waals surface area contributed by atoms with E-state index in [2.05, 4.69) is 10.4 Å². The van der Waals surface area contributed by atoms with Crippen molar-refractivity contribution >= 4 is 0 Å². The van der Waals surface area contributed by atoms with Crippen LogP contribution < -0.4 is 5.32 Å². The molecule has 0 spiro atoms. The van der Waals surface area contributed by atoms with Gasteiger partial charge in [0.2, 0.25) is 0 Å². The Labute approximate surface area is 124 Å². The smallest absolute Gasteiger partial charge is 0.280 e. The molecular weight excluding hydrogens is 272 g/mol. The fraction of sp³-hybridized carbons (Fsp3) is 0.438. The number of rotatable bonds is 5. The maximum Gasteiger partial charge on any atom is 0.280 e. The van der Waals surface area contributed by atoms with Gasteiger partial charge in [0.25, 0.3) is 6.43 Å². The first-order valence-corrected chi connectivity index (χ1v) is 7.05. The van der Waals surface area contributed by atoms with Crippen LogP contribution in [-0.4, -0.2) is 15.8 Å². The van der Waals surface area contributed by atoms with Crippen LogP contribution >= 0.6 is 0 Å². The molecule has 0 bridgehead atoms. The summed E-state index contributed by atoms with van der Waals surface area (Å²) in [5, 5.41) is 7.32. The molecule has 2 rings (SSSR count). The fourth-order valence-electron chi connectivity index (χ4n) is 2.35. The Bertz CT molecular complexity index is 598. The van der Waals surface area contributed by atoms with Gasteiger partial charge in [-0.25, -0.2) is 13.5 Å². The molecule has 0 atom stereocenters. The molecule has 0 aliphatic heterocycles. The third kappa shape index (κ3) is 3.67. The predicted octanol–water partition coefficient (Wildman–Crippen LogP) is 3.92. The van der Waals surface area contributed by atoms with E-state index in [1.165, 1.54) is 10.9 Å². The zero-order chi connectivity index (χ0) is 15.6. The Morgan fingerprint density at radius 1 is 1.14 bits per heavy atom. The molecule has 114 valence electrons. The van der Waals surface area contributed by atoms with E-state index in [0.717, 1.165) is 11.1 Å². The molecule has 0 saturated carbocycles. The van der Waals surface area contributed by atoms with Crippen molar-refractivity contribution in [3.05, 3.63) is 46.8 Å². The number of hydrogen-bond acceptors (Lipinski definition) is 2. The molecular formula is C16H21F2N3. The van der Waals surface area contributed by atoms with Gasteiger partial charge < -0.3 is 5.32 Å². The molecule has 21 heavy (non-hydrogen) atoms. The molecule has 0 aliphatic carbocycles. The zero-order valence-electron chi connectivity index (χ0n) is 12.8. The van der Waals surface area contributed by atoms with Gasteiger partial charge in [-0.2, -0.15) is 5.10 Å². The first kappa shape index (κ1) is 15.6. The molecule has 1 aromatic carbocycles. The third-order valence-electron chi connectivity index (χ3n) is 3.24. The number of alkyl halides is 2. The standard InChI is InChI=1S/C16H21F2N3/c1-10(2)19-8-13-9-20-21(15(13)16(17)18)14-6-11(3)5-12(4)7-14/h5-7,9-10,16,19H,8H2,1-4H3. The van der Waals surface area contributed by atoms with Gasteiger partial charge in [-0.1, -0.05) is 19.9 Å². The minimum Gasteiger partial charge on any atom is -0.310 e. The second kappa shape index (κ2) is 6.35. The first-order valence-electron chi connectivity index (χ1n) is 7.05. The van der Waals surface area contributed by atoms with Gasteiger partial charge >= 0.3 is 0 Å². The summed E-state index contributed by atoms with van der Waals surface area (Å²) in [7, 11) is 0. The fourth-order valence-corrected chi connectivity index (χ4v) is 2.35. The summed E-state index contributed by atoms with van der Waals surface area (Å²) in [5.74, 6) is 0. The molecule has 0 unspecified atom stereocenters. The van der Waals surface area contributed by atoms with Crippen LogP contribution in [0.25, 0.3) is 5.69 Å². The highest BCUT2D eigenvalue weighted by Gasteiger charge is 2.21. The molecule has 3 nitrogen and oxygen atoms in total. The van der Waals surface area contributed by atoms with Gasteiger partial charge in [0.1, 0.15) is 5.69 Å². The van der Waals surface area contributed by atoms with Crippen molar-refractivity contribution < 1.29 is 8.78 Å². The number of halogens is 2. The normalized spacial score (nSPS) is 11.6. The number of hydrogen-bond donors (Lipinski definition) is 1. The van der Waals surface area contributed by atoms with Crippen molar-refractivity contribution in [1.29, 1.82) is 0 Å². The average molecular weight is 293 g/mol. The van der Waals surface area contributed by atoms with E-state index < -0.39 is 6.43 Å². The van der Waals surface area contributed by atoms with E-state index in [1.807, 2.05) is 45.9 Å². The van der Waals surface area contributed by atoms with Crippen LogP contribution in [0.4, 0.5) is 8.78 Å². The summed E-state index contributed by atoms with van der Waals surface area (Å²) < 4.78 is 28.2. The van der Waals surface area contributed by atoms with E-state index in [0.29, 0.717) is 17.8 Å². The molecule has 0 fully saturated rings. The monoisotopic (exact) mass is 293 g/mol. The minimum atomic E-state index is -2.56. The van der Waals surface area contributed by atoms with Crippen molar-refractivity contribution in [1.82, 2.24) is 15.1 Å². The van der Waals surface area contributed by atoms with Crippen LogP contribution in [0.2, 0.25) is 0 Å². The van der Waals surface area contributed by atoms with Crippen molar-refractivity contribution in [2.24, 2.45) is 0 Å². The lowest BCUT2D eigenvalue weighted by Gasteiger charge is -2.12. The Balaban J connectivity index is 2.44. The second-order valence-corrected chi connectivity index (χ2v) is 5.65. The van der Waals surface area contributed by atoms with E-state index in [1.54, 1.807) is 0 Å². The van der Waals surface area contributed by atoms with Crippen molar-refractivity contribution in [2.45, 2.75) is 46.7 Å². The molecule has 1 heterocycles. The molecule has 1 N–H and O–H groups in total. The summed E-state index contributed by atoms with van der Waals surface area (Å²) in [5.41, 5.74) is 3.25. The highest BCUT2D eigenvalue weighted by Crippen LogP contribution is 2.26. The maximum atomic E-state index is 13.4. The maximum absolute atomic E-state index is 13.4. The lowest BCUT2D eigenvalue weighted by atomic mass is 10.1. The van der Waals surface area contributed by atoms with Gasteiger partial charge in [0, 0.05) is 18.2 Å². The van der Waals surface area contributed by atoms with Gasteiger partial charge in [0.05, 0.1) is 11.9 Å². The number of aromatic nitrogens is 2. The van der Waals surface area contributed by atoms with Gasteiger partial charge in [-0.05, 0) is 37.1 Å². The van der Waals surface area contributed by atoms with Crippen molar-refractivity contribution in [2.75, 3.05) is 0 Å². The van der Waals surface area contributed by atoms with Crippen LogP contribution in [0.1, 0.15) is 42.7 Å². The number of nitrogens with one attached hydrogen (secondary N) is 1. The van der Waals surface area contributed by atoms with Crippen LogP contribution in [0.15, 0.2) is 24.4 Å². The summed E-state index contributed by atoms with van der Waals surface area (Å²) in [6.07, 6.45) is -1.04. The molecule has 1 aromatic heterocycles. The van der Waals surface area contributed by atoms with Crippen LogP contribution in [0.3, 0.4) is 0 Å². The minimum absolute atomic E-state index is 0.0341. The summed E-state index contributed by atoms with van der Waals surface area (Å²) in [6, 6.07) is 5.98. The molecule has 0 radical (unpaired) electrons. The summed E-state index contributed by atoms with van der Waals surface area (Å²) in [4.78, 5) is 0. The Morgan fingerprint density at radius 3 is 2.29 bits per heavy atom. The van der Waals surface area contributed by atoms with Crippen LogP contribution in [0, 0.1) is 13.8 Å². The number of nitrogens with zero attached hydrogens (tertiary/aromatic N) is 2. The molecule has 0 amide bonds. The Morgan fingerprint density at radius 2 is 1.76 bits per heavy atom. The Kier molecular flexibility index (Phi) is 4.73. The van der Waals surface area contributed by atoms with Gasteiger partial charge in [0.15, 0.2) is 0 Å². The molecule has 5 heteroatoms. The van der Waals surface area contributed by atoms with Gasteiger partial charge in [-0.3, -0.25) is 0 Å². The molecule has 0 saturated heterocycles. The predicted molar refractivity (Wildman–Crippen MR) is 80.0 cm³/mol. The van der Waals surface area contributed by atoms with E-state index in [9.17, 15) is 8.78 Å². The lowest BCUT2D eigenvalue weighted by Crippen LogP contribution is -2.22. The first-order chi connectivity index (χ1) is 9.88.